The van der Waals surface area contributed by atoms with Gasteiger partial charge in [-0.25, -0.2) is 4.98 Å². The van der Waals surface area contributed by atoms with E-state index < -0.39 is 0 Å². The molecule has 0 saturated heterocycles. The molecule has 2 rings (SSSR count). The van der Waals surface area contributed by atoms with Gasteiger partial charge in [-0.05, 0) is 42.7 Å². The molecule has 0 aromatic carbocycles. The highest BCUT2D eigenvalue weighted by Gasteiger charge is 2.42. The number of ether oxygens (including phenoxy) is 1. The molecule has 1 heterocycles. The van der Waals surface area contributed by atoms with Gasteiger partial charge in [-0.15, -0.1) is 0 Å². The molecule has 0 radical (unpaired) electrons. The summed E-state index contributed by atoms with van der Waals surface area (Å²) in [7, 11) is 1.71. The van der Waals surface area contributed by atoms with Gasteiger partial charge in [-0.1, -0.05) is 25.4 Å². The molecule has 1 amide bonds. The third-order valence-electron chi connectivity index (χ3n) is 4.09. The van der Waals surface area contributed by atoms with Crippen LogP contribution in [0.1, 0.15) is 55.1 Å². The van der Waals surface area contributed by atoms with Gasteiger partial charge >= 0.3 is 0 Å². The fourth-order valence-electron chi connectivity index (χ4n) is 2.32. The van der Waals surface area contributed by atoms with E-state index in [1.165, 1.54) is 0 Å². The maximum atomic E-state index is 12.3. The molecular weight excluding hydrogens is 288 g/mol. The maximum absolute atomic E-state index is 12.3. The van der Waals surface area contributed by atoms with E-state index in [-0.39, 0.29) is 17.2 Å². The molecule has 21 heavy (non-hydrogen) atoms. The van der Waals surface area contributed by atoms with Crippen LogP contribution in [0.15, 0.2) is 12.1 Å². The molecule has 0 spiro atoms. The molecule has 5 heteroatoms. The molecule has 0 atom stereocenters. The average molecular weight is 311 g/mol. The fraction of sp³-hybridized carbons (Fsp3) is 0.625. The van der Waals surface area contributed by atoms with Gasteiger partial charge in [-0.2, -0.15) is 0 Å². The third-order valence-corrected chi connectivity index (χ3v) is 4.28. The molecule has 1 aliphatic rings. The van der Waals surface area contributed by atoms with Crippen LogP contribution in [0.2, 0.25) is 5.15 Å². The number of amides is 1. The lowest BCUT2D eigenvalue weighted by atomic mass is 10.0. The Morgan fingerprint density at radius 3 is 2.76 bits per heavy atom. The highest BCUT2D eigenvalue weighted by molar-refractivity contribution is 6.29. The first-order valence-electron chi connectivity index (χ1n) is 7.40. The van der Waals surface area contributed by atoms with E-state index in [2.05, 4.69) is 10.3 Å². The van der Waals surface area contributed by atoms with Crippen LogP contribution >= 0.6 is 11.6 Å². The zero-order valence-corrected chi connectivity index (χ0v) is 13.7. The summed E-state index contributed by atoms with van der Waals surface area (Å²) in [4.78, 5) is 16.5. The summed E-state index contributed by atoms with van der Waals surface area (Å²) in [6.45, 7) is 5.51. The summed E-state index contributed by atoms with van der Waals surface area (Å²) in [5.41, 5.74) is 1.66. The zero-order chi connectivity index (χ0) is 15.5. The highest BCUT2D eigenvalue weighted by atomic mass is 35.5. The number of hydrogen-bond acceptors (Lipinski definition) is 3. The van der Waals surface area contributed by atoms with E-state index in [0.717, 1.165) is 31.6 Å². The molecule has 0 unspecified atom stereocenters. The number of carbonyl (C=O) groups excluding carboxylic acids is 1. The van der Waals surface area contributed by atoms with Gasteiger partial charge in [0.15, 0.2) is 0 Å². The predicted molar refractivity (Wildman–Crippen MR) is 83.8 cm³/mol. The smallest absolute Gasteiger partial charge is 0.251 e. The topological polar surface area (TPSA) is 51.2 Å². The van der Waals surface area contributed by atoms with Crippen LogP contribution in [0, 0.1) is 5.41 Å². The quantitative estimate of drug-likeness (QED) is 0.785. The van der Waals surface area contributed by atoms with Crippen molar-refractivity contribution in [3.63, 3.8) is 0 Å². The van der Waals surface area contributed by atoms with Crippen molar-refractivity contribution in [3.8, 4) is 0 Å². The van der Waals surface area contributed by atoms with E-state index in [4.69, 9.17) is 16.3 Å². The maximum Gasteiger partial charge on any atom is 0.251 e. The summed E-state index contributed by atoms with van der Waals surface area (Å²) < 4.78 is 5.13. The largest absolute Gasteiger partial charge is 0.385 e. The Morgan fingerprint density at radius 2 is 2.19 bits per heavy atom. The molecule has 1 aliphatic carbocycles. The number of rotatable bonds is 7. The highest BCUT2D eigenvalue weighted by Crippen LogP contribution is 2.48. The molecular formula is C16H23ClN2O2. The standard InChI is InChI=1S/C16H23ClN2O2/c1-11(2)13-8-12(9-14(17)19-13)15(20)18-10-16(4-5-16)6-7-21-3/h8-9,11H,4-7,10H2,1-3H3,(H,18,20). The first kappa shape index (κ1) is 16.2. The Hall–Kier alpha value is -1.13. The lowest BCUT2D eigenvalue weighted by Gasteiger charge is -2.16. The zero-order valence-electron chi connectivity index (χ0n) is 12.9. The summed E-state index contributed by atoms with van der Waals surface area (Å²) in [6.07, 6.45) is 3.31. The SMILES string of the molecule is COCCC1(CNC(=O)c2cc(Cl)nc(C(C)C)c2)CC1. The Labute approximate surface area is 131 Å². The minimum atomic E-state index is -0.0788. The second-order valence-corrected chi connectivity index (χ2v) is 6.57. The Kier molecular flexibility index (Phi) is 5.22. The van der Waals surface area contributed by atoms with Crippen LogP contribution in [0.4, 0.5) is 0 Å². The van der Waals surface area contributed by atoms with Gasteiger partial charge in [0.05, 0.1) is 0 Å². The van der Waals surface area contributed by atoms with Gasteiger partial charge in [0.2, 0.25) is 0 Å². The van der Waals surface area contributed by atoms with Crippen LogP contribution in [-0.2, 0) is 4.74 Å². The number of halogens is 1. The lowest BCUT2D eigenvalue weighted by molar-refractivity contribution is 0.0937. The number of pyridine rings is 1. The Morgan fingerprint density at radius 1 is 1.48 bits per heavy atom. The number of methoxy groups -OCH3 is 1. The van der Waals surface area contributed by atoms with Gasteiger partial charge in [-0.3, -0.25) is 4.79 Å². The number of aromatic nitrogens is 1. The molecule has 0 bridgehead atoms. The molecule has 116 valence electrons. The Balaban J connectivity index is 1.97. The van der Waals surface area contributed by atoms with Crippen molar-refractivity contribution in [2.24, 2.45) is 5.41 Å². The van der Waals surface area contributed by atoms with Gasteiger partial charge in [0, 0.05) is 31.5 Å². The summed E-state index contributed by atoms with van der Waals surface area (Å²) in [6, 6.07) is 3.44. The summed E-state index contributed by atoms with van der Waals surface area (Å²) >= 11 is 6.00. The molecule has 1 aromatic rings. The minimum absolute atomic E-state index is 0.0788. The van der Waals surface area contributed by atoms with E-state index >= 15 is 0 Å². The van der Waals surface area contributed by atoms with Crippen molar-refractivity contribution in [1.82, 2.24) is 10.3 Å². The molecule has 1 fully saturated rings. The minimum Gasteiger partial charge on any atom is -0.385 e. The van der Waals surface area contributed by atoms with Crippen molar-refractivity contribution >= 4 is 17.5 Å². The van der Waals surface area contributed by atoms with E-state index in [1.54, 1.807) is 13.2 Å². The average Bonchev–Trinajstić information content (AvgIpc) is 3.22. The molecule has 4 nitrogen and oxygen atoms in total. The number of nitrogens with zero attached hydrogens (tertiary/aromatic N) is 1. The first-order valence-corrected chi connectivity index (χ1v) is 7.78. The molecule has 1 N–H and O–H groups in total. The van der Waals surface area contributed by atoms with Gasteiger partial charge < -0.3 is 10.1 Å². The van der Waals surface area contributed by atoms with Crippen LogP contribution in [-0.4, -0.2) is 31.2 Å². The van der Waals surface area contributed by atoms with Crippen molar-refractivity contribution in [3.05, 3.63) is 28.5 Å². The van der Waals surface area contributed by atoms with Crippen LogP contribution < -0.4 is 5.32 Å². The van der Waals surface area contributed by atoms with Crippen molar-refractivity contribution in [2.75, 3.05) is 20.3 Å². The van der Waals surface area contributed by atoms with Crippen molar-refractivity contribution in [2.45, 2.75) is 39.0 Å². The fourth-order valence-corrected chi connectivity index (χ4v) is 2.54. The van der Waals surface area contributed by atoms with Gasteiger partial charge in [0.1, 0.15) is 5.15 Å². The number of carbonyl (C=O) groups is 1. The first-order chi connectivity index (χ1) is 9.96. The number of hydrogen-bond donors (Lipinski definition) is 1. The normalized spacial score (nSPS) is 16.0. The van der Waals surface area contributed by atoms with Gasteiger partial charge in [0.25, 0.3) is 5.91 Å². The van der Waals surface area contributed by atoms with E-state index in [1.807, 2.05) is 19.9 Å². The molecule has 1 saturated carbocycles. The van der Waals surface area contributed by atoms with Crippen molar-refractivity contribution < 1.29 is 9.53 Å². The summed E-state index contributed by atoms with van der Waals surface area (Å²) in [5.74, 6) is 0.164. The second kappa shape index (κ2) is 6.75. The van der Waals surface area contributed by atoms with Crippen LogP contribution in [0.5, 0.6) is 0 Å². The monoisotopic (exact) mass is 310 g/mol. The third kappa shape index (κ3) is 4.42. The Bertz CT molecular complexity index is 513. The second-order valence-electron chi connectivity index (χ2n) is 6.18. The van der Waals surface area contributed by atoms with Crippen LogP contribution in [0.25, 0.3) is 0 Å². The van der Waals surface area contributed by atoms with E-state index in [9.17, 15) is 4.79 Å². The molecule has 1 aromatic heterocycles. The lowest BCUT2D eigenvalue weighted by Crippen LogP contribution is -2.31. The van der Waals surface area contributed by atoms with E-state index in [0.29, 0.717) is 17.3 Å². The predicted octanol–water partition coefficient (Wildman–Crippen LogP) is 3.40. The summed E-state index contributed by atoms with van der Waals surface area (Å²) in [5, 5.41) is 3.39. The number of nitrogens with one attached hydrogen (secondary N) is 1. The van der Waals surface area contributed by atoms with Crippen molar-refractivity contribution in [1.29, 1.82) is 0 Å². The molecule has 0 aliphatic heterocycles. The van der Waals surface area contributed by atoms with Crippen LogP contribution in [0.3, 0.4) is 0 Å².